The first-order chi connectivity index (χ1) is 9.01. The highest BCUT2D eigenvalue weighted by Gasteiger charge is 2.35. The minimum atomic E-state index is -0.738. The molecule has 19 heavy (non-hydrogen) atoms. The van der Waals surface area contributed by atoms with Crippen LogP contribution < -0.4 is 5.32 Å². The van der Waals surface area contributed by atoms with Gasteiger partial charge in [0.1, 0.15) is 12.1 Å². The fourth-order valence-corrected chi connectivity index (χ4v) is 2.12. The molecule has 1 aliphatic heterocycles. The van der Waals surface area contributed by atoms with E-state index in [1.165, 1.54) is 19.1 Å². The Balaban J connectivity index is 2.71. The fraction of sp³-hybridized carbons (Fsp3) is 0.750. The van der Waals surface area contributed by atoms with Crippen LogP contribution in [0.25, 0.3) is 0 Å². The van der Waals surface area contributed by atoms with Gasteiger partial charge in [0, 0.05) is 6.54 Å². The van der Waals surface area contributed by atoms with Crippen molar-refractivity contribution in [3.05, 3.63) is 0 Å². The van der Waals surface area contributed by atoms with E-state index in [0.717, 1.165) is 12.8 Å². The van der Waals surface area contributed by atoms with E-state index in [-0.39, 0.29) is 5.91 Å². The van der Waals surface area contributed by atoms with Crippen molar-refractivity contribution in [2.75, 3.05) is 20.8 Å². The minimum absolute atomic E-state index is 0.305. The maximum Gasteiger partial charge on any atom is 0.407 e. The first kappa shape index (κ1) is 15.3. The molecule has 1 aliphatic rings. The average Bonchev–Trinajstić information content (AvgIpc) is 2.45. The second-order valence-electron chi connectivity index (χ2n) is 4.42. The summed E-state index contributed by atoms with van der Waals surface area (Å²) in [5.41, 5.74) is 0. The second kappa shape index (κ2) is 6.96. The SMILES string of the molecule is COC(=O)NC(C)C(=O)N1CCCCC1C(=O)OC. The van der Waals surface area contributed by atoms with Crippen LogP contribution in [0.5, 0.6) is 0 Å². The number of nitrogens with zero attached hydrogens (tertiary/aromatic N) is 1. The number of esters is 1. The lowest BCUT2D eigenvalue weighted by Crippen LogP contribution is -2.54. The van der Waals surface area contributed by atoms with Crippen molar-refractivity contribution < 1.29 is 23.9 Å². The number of carbonyl (C=O) groups excluding carboxylic acids is 3. The number of amides is 2. The molecule has 0 spiro atoms. The summed E-state index contributed by atoms with van der Waals surface area (Å²) in [6.07, 6.45) is 1.63. The van der Waals surface area contributed by atoms with Crippen LogP contribution in [0.1, 0.15) is 26.2 Å². The molecule has 7 heteroatoms. The molecule has 7 nitrogen and oxygen atoms in total. The standard InChI is InChI=1S/C12H20N2O5/c1-8(13-12(17)19-3)10(15)14-7-5-4-6-9(14)11(16)18-2/h8-9H,4-7H2,1-3H3,(H,13,17). The first-order valence-corrected chi connectivity index (χ1v) is 6.24. The van der Waals surface area contributed by atoms with Gasteiger partial charge in [0.25, 0.3) is 0 Å². The molecule has 0 aromatic carbocycles. The smallest absolute Gasteiger partial charge is 0.407 e. The van der Waals surface area contributed by atoms with Gasteiger partial charge in [-0.3, -0.25) is 4.79 Å². The molecule has 1 heterocycles. The maximum absolute atomic E-state index is 12.2. The summed E-state index contributed by atoms with van der Waals surface area (Å²) < 4.78 is 9.15. The molecule has 1 saturated heterocycles. The van der Waals surface area contributed by atoms with Crippen LogP contribution in [-0.4, -0.2) is 55.7 Å². The monoisotopic (exact) mass is 272 g/mol. The van der Waals surface area contributed by atoms with Crippen LogP contribution >= 0.6 is 0 Å². The van der Waals surface area contributed by atoms with Gasteiger partial charge in [0.15, 0.2) is 0 Å². The molecule has 0 radical (unpaired) electrons. The van der Waals surface area contributed by atoms with Crippen LogP contribution in [0.15, 0.2) is 0 Å². The highest BCUT2D eigenvalue weighted by molar-refractivity contribution is 5.89. The average molecular weight is 272 g/mol. The number of rotatable bonds is 3. The molecule has 1 rings (SSSR count). The van der Waals surface area contributed by atoms with Gasteiger partial charge in [0.05, 0.1) is 14.2 Å². The Bertz CT molecular complexity index is 358. The number of methoxy groups -OCH3 is 2. The number of alkyl carbamates (subject to hydrolysis) is 1. The summed E-state index contributed by atoms with van der Waals surface area (Å²) in [5, 5.41) is 2.40. The van der Waals surface area contributed by atoms with Crippen LogP contribution in [0.2, 0.25) is 0 Å². The highest BCUT2D eigenvalue weighted by atomic mass is 16.5. The first-order valence-electron chi connectivity index (χ1n) is 6.24. The lowest BCUT2D eigenvalue weighted by atomic mass is 10.0. The third-order valence-corrected chi connectivity index (χ3v) is 3.15. The van der Waals surface area contributed by atoms with Crippen LogP contribution in [-0.2, 0) is 19.1 Å². The molecule has 108 valence electrons. The van der Waals surface area contributed by atoms with E-state index in [1.54, 1.807) is 6.92 Å². The Morgan fingerprint density at radius 1 is 1.21 bits per heavy atom. The number of piperidine rings is 1. The molecule has 1 fully saturated rings. The summed E-state index contributed by atoms with van der Waals surface area (Å²) in [6.45, 7) is 2.05. The van der Waals surface area contributed by atoms with Crippen LogP contribution in [0, 0.1) is 0 Å². The number of hydrogen-bond acceptors (Lipinski definition) is 5. The van der Waals surface area contributed by atoms with Gasteiger partial charge in [-0.05, 0) is 26.2 Å². The van der Waals surface area contributed by atoms with Gasteiger partial charge in [-0.15, -0.1) is 0 Å². The molecule has 2 unspecified atom stereocenters. The zero-order valence-corrected chi connectivity index (χ0v) is 11.5. The maximum atomic E-state index is 12.2. The number of ether oxygens (including phenoxy) is 2. The topological polar surface area (TPSA) is 84.9 Å². The Kier molecular flexibility index (Phi) is 5.59. The normalized spacial score (nSPS) is 20.4. The van der Waals surface area contributed by atoms with E-state index in [1.807, 2.05) is 0 Å². The van der Waals surface area contributed by atoms with E-state index >= 15 is 0 Å². The predicted octanol–water partition coefficient (Wildman–Crippen LogP) is 0.285. The predicted molar refractivity (Wildman–Crippen MR) is 66.4 cm³/mol. The number of hydrogen-bond donors (Lipinski definition) is 1. The van der Waals surface area contributed by atoms with E-state index in [9.17, 15) is 14.4 Å². The minimum Gasteiger partial charge on any atom is -0.467 e. The van der Waals surface area contributed by atoms with Crippen molar-refractivity contribution >= 4 is 18.0 Å². The molecule has 1 N–H and O–H groups in total. The van der Waals surface area contributed by atoms with Gasteiger partial charge in [-0.1, -0.05) is 0 Å². The lowest BCUT2D eigenvalue weighted by Gasteiger charge is -2.35. The molecule has 2 atom stereocenters. The molecule has 2 amide bonds. The largest absolute Gasteiger partial charge is 0.467 e. The highest BCUT2D eigenvalue weighted by Crippen LogP contribution is 2.19. The zero-order chi connectivity index (χ0) is 14.4. The molecular formula is C12H20N2O5. The van der Waals surface area contributed by atoms with Crippen LogP contribution in [0.4, 0.5) is 4.79 Å². The Morgan fingerprint density at radius 2 is 1.89 bits per heavy atom. The summed E-state index contributed by atoms with van der Waals surface area (Å²) >= 11 is 0. The number of likely N-dealkylation sites (tertiary alicyclic amines) is 1. The van der Waals surface area contributed by atoms with E-state index in [2.05, 4.69) is 10.1 Å². The van der Waals surface area contributed by atoms with Crippen molar-refractivity contribution in [1.82, 2.24) is 10.2 Å². The van der Waals surface area contributed by atoms with Crippen molar-refractivity contribution in [1.29, 1.82) is 0 Å². The van der Waals surface area contributed by atoms with Gasteiger partial charge < -0.3 is 19.7 Å². The van der Waals surface area contributed by atoms with Crippen molar-refractivity contribution in [3.63, 3.8) is 0 Å². The molecule has 0 aliphatic carbocycles. The fourth-order valence-electron chi connectivity index (χ4n) is 2.12. The van der Waals surface area contributed by atoms with Crippen molar-refractivity contribution in [2.24, 2.45) is 0 Å². The molecule has 0 saturated carbocycles. The van der Waals surface area contributed by atoms with Crippen molar-refractivity contribution in [2.45, 2.75) is 38.3 Å². The van der Waals surface area contributed by atoms with Crippen LogP contribution in [0.3, 0.4) is 0 Å². The van der Waals surface area contributed by atoms with Gasteiger partial charge in [0.2, 0.25) is 5.91 Å². The Labute approximate surface area is 112 Å². The van der Waals surface area contributed by atoms with E-state index in [4.69, 9.17) is 4.74 Å². The summed E-state index contributed by atoms with van der Waals surface area (Å²) in [7, 11) is 2.53. The molecule has 0 bridgehead atoms. The summed E-state index contributed by atoms with van der Waals surface area (Å²) in [5.74, 6) is -0.723. The number of nitrogens with one attached hydrogen (secondary N) is 1. The molecule has 0 aromatic rings. The van der Waals surface area contributed by atoms with Gasteiger partial charge in [-0.2, -0.15) is 0 Å². The quantitative estimate of drug-likeness (QED) is 0.746. The third-order valence-electron chi connectivity index (χ3n) is 3.15. The lowest BCUT2D eigenvalue weighted by molar-refractivity contribution is -0.155. The molecular weight excluding hydrogens is 252 g/mol. The summed E-state index contributed by atoms with van der Waals surface area (Å²) in [6, 6.07) is -1.30. The molecule has 0 aromatic heterocycles. The number of carbonyl (C=O) groups is 3. The van der Waals surface area contributed by atoms with E-state index < -0.39 is 24.1 Å². The van der Waals surface area contributed by atoms with Crippen molar-refractivity contribution in [3.8, 4) is 0 Å². The Hall–Kier alpha value is -1.79. The van der Waals surface area contributed by atoms with E-state index in [0.29, 0.717) is 13.0 Å². The zero-order valence-electron chi connectivity index (χ0n) is 11.5. The van der Waals surface area contributed by atoms with Gasteiger partial charge in [-0.25, -0.2) is 9.59 Å². The third kappa shape index (κ3) is 3.84. The van der Waals surface area contributed by atoms with Gasteiger partial charge >= 0.3 is 12.1 Å². The summed E-state index contributed by atoms with van der Waals surface area (Å²) in [4.78, 5) is 36.4. The second-order valence-corrected chi connectivity index (χ2v) is 4.42. The Morgan fingerprint density at radius 3 is 2.47 bits per heavy atom.